The van der Waals surface area contributed by atoms with Gasteiger partial charge in [0.1, 0.15) is 18.0 Å². The van der Waals surface area contributed by atoms with Crippen molar-refractivity contribution in [3.63, 3.8) is 0 Å². The van der Waals surface area contributed by atoms with Crippen LogP contribution in [0.25, 0.3) is 0 Å². The highest BCUT2D eigenvalue weighted by molar-refractivity contribution is 5.27. The Morgan fingerprint density at radius 2 is 1.89 bits per heavy atom. The number of ether oxygens (including phenoxy) is 2. The summed E-state index contributed by atoms with van der Waals surface area (Å²) in [5, 5.41) is 0. The maximum absolute atomic E-state index is 5.71. The minimum atomic E-state index is -0.0389. The van der Waals surface area contributed by atoms with Crippen molar-refractivity contribution in [2.24, 2.45) is 0 Å². The fourth-order valence-corrected chi connectivity index (χ4v) is 1.85. The molecule has 0 bridgehead atoms. The predicted octanol–water partition coefficient (Wildman–Crippen LogP) is 4.14. The van der Waals surface area contributed by atoms with Gasteiger partial charge in [0, 0.05) is 0 Å². The van der Waals surface area contributed by atoms with Crippen molar-refractivity contribution in [2.45, 2.75) is 45.1 Å². The van der Waals surface area contributed by atoms with Gasteiger partial charge in [-0.15, -0.1) is 0 Å². The summed E-state index contributed by atoms with van der Waals surface area (Å²) in [6, 6.07) is 8.41. The van der Waals surface area contributed by atoms with E-state index in [1.54, 1.807) is 0 Å². The molecule has 1 saturated heterocycles. The molecule has 2 nitrogen and oxygen atoms in total. The molecule has 1 aromatic carbocycles. The van der Waals surface area contributed by atoms with E-state index in [1.165, 1.54) is 18.4 Å². The average Bonchev–Trinajstić information content (AvgIpc) is 3.16. The summed E-state index contributed by atoms with van der Waals surface area (Å²) in [4.78, 5) is 0. The van der Waals surface area contributed by atoms with Crippen molar-refractivity contribution in [1.82, 2.24) is 0 Å². The molecule has 1 aliphatic heterocycles. The van der Waals surface area contributed by atoms with E-state index in [9.17, 15) is 0 Å². The highest BCUT2D eigenvalue weighted by Gasteiger charge is 2.40. The molecular weight excluding hydrogens is 236 g/mol. The summed E-state index contributed by atoms with van der Waals surface area (Å²) < 4.78 is 11.0. The monoisotopic (exact) mass is 260 g/mol. The second kappa shape index (κ2) is 6.76. The zero-order valence-electron chi connectivity index (χ0n) is 12.0. The van der Waals surface area contributed by atoms with Crippen LogP contribution in [0, 0.1) is 0 Å². The minimum absolute atomic E-state index is 0.0389. The van der Waals surface area contributed by atoms with E-state index in [0.717, 1.165) is 25.2 Å². The van der Waals surface area contributed by atoms with Crippen molar-refractivity contribution >= 4 is 0 Å². The fourth-order valence-electron chi connectivity index (χ4n) is 1.85. The van der Waals surface area contributed by atoms with Gasteiger partial charge in [0.25, 0.3) is 0 Å². The quantitative estimate of drug-likeness (QED) is 0.517. The van der Waals surface area contributed by atoms with Crippen molar-refractivity contribution in [3.8, 4) is 5.75 Å². The zero-order chi connectivity index (χ0) is 13.6. The summed E-state index contributed by atoms with van der Waals surface area (Å²) in [7, 11) is 0. The van der Waals surface area contributed by atoms with E-state index in [4.69, 9.17) is 9.47 Å². The Kier molecular flexibility index (Phi) is 5.03. The average molecular weight is 260 g/mol. The molecule has 1 heterocycles. The summed E-state index contributed by atoms with van der Waals surface area (Å²) in [5.74, 6) is 0.932. The first-order valence-corrected chi connectivity index (χ1v) is 7.22. The van der Waals surface area contributed by atoms with E-state index >= 15 is 0 Å². The number of hydrogen-bond donors (Lipinski definition) is 0. The Bertz CT molecular complexity index is 402. The first-order chi connectivity index (χ1) is 9.22. The lowest BCUT2D eigenvalue weighted by molar-refractivity contribution is 0.202. The molecule has 1 unspecified atom stereocenters. The van der Waals surface area contributed by atoms with Gasteiger partial charge < -0.3 is 9.47 Å². The number of benzene rings is 1. The van der Waals surface area contributed by atoms with Gasteiger partial charge in [0.05, 0.1) is 6.61 Å². The SMILES string of the molecule is CCC/C=C/CCc1ccc(OCC2(C)CO2)cc1. The highest BCUT2D eigenvalue weighted by atomic mass is 16.6. The van der Waals surface area contributed by atoms with Crippen LogP contribution in [-0.4, -0.2) is 18.8 Å². The first kappa shape index (κ1) is 14.1. The first-order valence-electron chi connectivity index (χ1n) is 7.22. The number of unbranched alkanes of at least 4 members (excludes halogenated alkanes) is 1. The number of aryl methyl sites for hydroxylation is 1. The van der Waals surface area contributed by atoms with Crippen LogP contribution in [0.5, 0.6) is 5.75 Å². The second-order valence-corrected chi connectivity index (χ2v) is 5.47. The fraction of sp³-hybridized carbons (Fsp3) is 0.529. The summed E-state index contributed by atoms with van der Waals surface area (Å²) in [6.45, 7) is 5.74. The van der Waals surface area contributed by atoms with E-state index in [1.807, 2.05) is 0 Å². The normalized spacial score (nSPS) is 21.8. The van der Waals surface area contributed by atoms with Gasteiger partial charge in [-0.05, 0) is 43.9 Å². The molecular formula is C17H24O2. The van der Waals surface area contributed by atoms with Crippen LogP contribution in [0.4, 0.5) is 0 Å². The van der Waals surface area contributed by atoms with Crippen LogP contribution in [0.15, 0.2) is 36.4 Å². The van der Waals surface area contributed by atoms with Gasteiger partial charge in [-0.25, -0.2) is 0 Å². The van der Waals surface area contributed by atoms with Gasteiger partial charge in [0.2, 0.25) is 0 Å². The molecule has 0 saturated carbocycles. The molecule has 2 rings (SSSR count). The lowest BCUT2D eigenvalue weighted by atomic mass is 10.1. The van der Waals surface area contributed by atoms with Gasteiger partial charge >= 0.3 is 0 Å². The van der Waals surface area contributed by atoms with Crippen LogP contribution < -0.4 is 4.74 Å². The van der Waals surface area contributed by atoms with Gasteiger partial charge in [-0.3, -0.25) is 0 Å². The van der Waals surface area contributed by atoms with Crippen LogP contribution in [0.3, 0.4) is 0 Å². The van der Waals surface area contributed by atoms with Gasteiger partial charge in [-0.1, -0.05) is 37.6 Å². The second-order valence-electron chi connectivity index (χ2n) is 5.47. The van der Waals surface area contributed by atoms with E-state index in [-0.39, 0.29) is 5.60 Å². The third-order valence-electron chi connectivity index (χ3n) is 3.33. The molecule has 0 radical (unpaired) electrons. The van der Waals surface area contributed by atoms with Gasteiger partial charge in [0.15, 0.2) is 0 Å². The molecule has 0 N–H and O–H groups in total. The summed E-state index contributed by atoms with van der Waals surface area (Å²) in [5.41, 5.74) is 1.32. The molecule has 0 spiro atoms. The Hall–Kier alpha value is -1.28. The Morgan fingerprint density at radius 1 is 1.21 bits per heavy atom. The molecule has 1 aromatic rings. The van der Waals surface area contributed by atoms with Crippen molar-refractivity contribution in [3.05, 3.63) is 42.0 Å². The third kappa shape index (κ3) is 5.07. The topological polar surface area (TPSA) is 21.8 Å². The number of hydrogen-bond acceptors (Lipinski definition) is 2. The van der Waals surface area contributed by atoms with E-state index in [2.05, 4.69) is 50.3 Å². The summed E-state index contributed by atoms with van der Waals surface area (Å²) in [6.07, 6.45) is 9.18. The Balaban J connectivity index is 1.71. The van der Waals surface area contributed by atoms with Crippen LogP contribution >= 0.6 is 0 Å². The number of epoxide rings is 1. The molecule has 0 aliphatic carbocycles. The minimum Gasteiger partial charge on any atom is -0.491 e. The van der Waals surface area contributed by atoms with Gasteiger partial charge in [-0.2, -0.15) is 0 Å². The number of allylic oxidation sites excluding steroid dienone is 2. The molecule has 0 aromatic heterocycles. The molecule has 104 valence electrons. The molecule has 2 heteroatoms. The molecule has 1 atom stereocenters. The molecule has 1 fully saturated rings. The Morgan fingerprint density at radius 3 is 2.53 bits per heavy atom. The van der Waals surface area contributed by atoms with Crippen LogP contribution in [-0.2, 0) is 11.2 Å². The standard InChI is InChI=1S/C17H24O2/c1-3-4-5-6-7-8-15-9-11-16(12-10-15)18-13-17(2)14-19-17/h5-6,9-12H,3-4,7-8,13-14H2,1-2H3/b6-5+. The van der Waals surface area contributed by atoms with Crippen molar-refractivity contribution in [2.75, 3.05) is 13.2 Å². The largest absolute Gasteiger partial charge is 0.491 e. The van der Waals surface area contributed by atoms with Crippen LogP contribution in [0.2, 0.25) is 0 Å². The zero-order valence-corrected chi connectivity index (χ0v) is 12.0. The maximum atomic E-state index is 5.71. The molecule has 19 heavy (non-hydrogen) atoms. The van der Waals surface area contributed by atoms with Crippen molar-refractivity contribution < 1.29 is 9.47 Å². The lowest BCUT2D eigenvalue weighted by Gasteiger charge is -2.09. The molecule has 1 aliphatic rings. The maximum Gasteiger partial charge on any atom is 0.123 e. The Labute approximate surface area is 116 Å². The summed E-state index contributed by atoms with van der Waals surface area (Å²) >= 11 is 0. The number of rotatable bonds is 8. The lowest BCUT2D eigenvalue weighted by Crippen LogP contribution is -2.16. The highest BCUT2D eigenvalue weighted by Crippen LogP contribution is 2.27. The smallest absolute Gasteiger partial charge is 0.123 e. The van der Waals surface area contributed by atoms with Crippen LogP contribution in [0.1, 0.15) is 38.7 Å². The predicted molar refractivity (Wildman–Crippen MR) is 78.7 cm³/mol. The van der Waals surface area contributed by atoms with E-state index < -0.39 is 0 Å². The molecule has 0 amide bonds. The third-order valence-corrected chi connectivity index (χ3v) is 3.33. The van der Waals surface area contributed by atoms with E-state index in [0.29, 0.717) is 6.61 Å². The van der Waals surface area contributed by atoms with Crippen molar-refractivity contribution in [1.29, 1.82) is 0 Å².